The molecule has 1 N–H and O–H groups in total. The summed E-state index contributed by atoms with van der Waals surface area (Å²) in [6.45, 7) is 2.82. The van der Waals surface area contributed by atoms with E-state index in [0.717, 1.165) is 6.42 Å². The fourth-order valence-electron chi connectivity index (χ4n) is 1.74. The first kappa shape index (κ1) is 13.1. The molecule has 1 aromatic carbocycles. The average Bonchev–Trinajstić information content (AvgIpc) is 2.40. The fourth-order valence-corrected chi connectivity index (χ4v) is 2.05. The Bertz CT molecular complexity index is 544. The Balaban J connectivity index is 2.14. The minimum atomic E-state index is 0.325. The van der Waals surface area contributed by atoms with Gasteiger partial charge in [0.05, 0.1) is 5.69 Å². The third kappa shape index (κ3) is 3.12. The Morgan fingerprint density at radius 1 is 1.11 bits per heavy atom. The maximum Gasteiger partial charge on any atom is 0.174 e. The van der Waals surface area contributed by atoms with E-state index < -0.39 is 0 Å². The van der Waals surface area contributed by atoms with E-state index in [9.17, 15) is 0 Å². The van der Waals surface area contributed by atoms with E-state index in [2.05, 4.69) is 34.6 Å². The van der Waals surface area contributed by atoms with Gasteiger partial charge in [-0.15, -0.1) is 10.2 Å². The molecule has 18 heavy (non-hydrogen) atoms. The van der Waals surface area contributed by atoms with Crippen LogP contribution in [0.15, 0.2) is 30.3 Å². The van der Waals surface area contributed by atoms with Crippen molar-refractivity contribution in [2.45, 2.75) is 19.9 Å². The zero-order chi connectivity index (χ0) is 13.0. The van der Waals surface area contributed by atoms with E-state index in [1.54, 1.807) is 6.07 Å². The van der Waals surface area contributed by atoms with Gasteiger partial charge < -0.3 is 5.32 Å². The first-order valence-electron chi connectivity index (χ1n) is 5.70. The lowest BCUT2D eigenvalue weighted by Gasteiger charge is -2.10. The Morgan fingerprint density at radius 2 is 1.83 bits per heavy atom. The fraction of sp³-hybridized carbons (Fsp3) is 0.231. The second kappa shape index (κ2) is 6.03. The molecule has 0 aliphatic carbocycles. The van der Waals surface area contributed by atoms with Gasteiger partial charge in [0.15, 0.2) is 10.3 Å². The molecule has 5 heteroatoms. The van der Waals surface area contributed by atoms with Crippen molar-refractivity contribution in [3.05, 3.63) is 51.8 Å². The smallest absolute Gasteiger partial charge is 0.174 e. The molecule has 0 amide bonds. The largest absolute Gasteiger partial charge is 0.378 e. The van der Waals surface area contributed by atoms with Crippen LogP contribution in [0.5, 0.6) is 0 Å². The van der Waals surface area contributed by atoms with Crippen molar-refractivity contribution < 1.29 is 0 Å². The maximum absolute atomic E-state index is 5.94. The third-order valence-corrected chi connectivity index (χ3v) is 3.15. The monoisotopic (exact) mass is 281 g/mol. The van der Waals surface area contributed by atoms with Crippen LogP contribution in [0.2, 0.25) is 10.3 Å². The summed E-state index contributed by atoms with van der Waals surface area (Å²) in [6.07, 6.45) is 1.00. The third-order valence-electron chi connectivity index (χ3n) is 2.69. The highest BCUT2D eigenvalue weighted by Crippen LogP contribution is 2.22. The summed E-state index contributed by atoms with van der Waals surface area (Å²) in [6, 6.07) is 9.95. The van der Waals surface area contributed by atoms with Gasteiger partial charge in [0.2, 0.25) is 0 Å². The second-order valence-corrected chi connectivity index (χ2v) is 4.59. The lowest BCUT2D eigenvalue weighted by molar-refractivity contribution is 1.01. The molecule has 1 aromatic heterocycles. The van der Waals surface area contributed by atoms with Gasteiger partial charge in [-0.3, -0.25) is 0 Å². The standard InChI is InChI=1S/C13H13Cl2N3/c1-2-9-5-3-4-6-10(9)8-16-11-7-12(14)17-18-13(11)15/h3-7H,2,8H2,1H3,(H,16,17). The number of nitrogens with zero attached hydrogens (tertiary/aromatic N) is 2. The van der Waals surface area contributed by atoms with Crippen molar-refractivity contribution in [3.8, 4) is 0 Å². The van der Waals surface area contributed by atoms with Crippen LogP contribution in [-0.4, -0.2) is 10.2 Å². The van der Waals surface area contributed by atoms with Crippen molar-refractivity contribution in [2.24, 2.45) is 0 Å². The summed E-state index contributed by atoms with van der Waals surface area (Å²) in [4.78, 5) is 0. The highest BCUT2D eigenvalue weighted by molar-refractivity contribution is 6.33. The number of hydrogen-bond acceptors (Lipinski definition) is 3. The Kier molecular flexibility index (Phi) is 4.39. The van der Waals surface area contributed by atoms with Gasteiger partial charge >= 0.3 is 0 Å². The van der Waals surface area contributed by atoms with E-state index in [1.165, 1.54) is 11.1 Å². The summed E-state index contributed by atoms with van der Waals surface area (Å²) >= 11 is 11.7. The number of hydrogen-bond donors (Lipinski definition) is 1. The molecule has 0 aliphatic rings. The molecule has 0 radical (unpaired) electrons. The molecule has 2 aromatic rings. The van der Waals surface area contributed by atoms with Gasteiger partial charge in [0.25, 0.3) is 0 Å². The van der Waals surface area contributed by atoms with Crippen molar-refractivity contribution in [1.82, 2.24) is 10.2 Å². The van der Waals surface area contributed by atoms with Crippen LogP contribution in [0, 0.1) is 0 Å². The van der Waals surface area contributed by atoms with Crippen LogP contribution >= 0.6 is 23.2 Å². The molecule has 0 saturated heterocycles. The molecule has 3 nitrogen and oxygen atoms in total. The van der Waals surface area contributed by atoms with E-state index in [0.29, 0.717) is 22.5 Å². The maximum atomic E-state index is 5.94. The summed E-state index contributed by atoms with van der Waals surface area (Å²) < 4.78 is 0. The molecule has 0 fully saturated rings. The van der Waals surface area contributed by atoms with Crippen LogP contribution in [0.1, 0.15) is 18.1 Å². The SMILES string of the molecule is CCc1ccccc1CNc1cc(Cl)nnc1Cl. The Hall–Kier alpha value is -1.32. The molecule has 0 aliphatic heterocycles. The predicted octanol–water partition coefficient (Wildman–Crippen LogP) is 3.96. The zero-order valence-electron chi connectivity index (χ0n) is 9.95. The van der Waals surface area contributed by atoms with Crippen molar-refractivity contribution in [1.29, 1.82) is 0 Å². The lowest BCUT2D eigenvalue weighted by Crippen LogP contribution is -2.04. The number of aryl methyl sites for hydroxylation is 1. The van der Waals surface area contributed by atoms with E-state index in [4.69, 9.17) is 23.2 Å². The van der Waals surface area contributed by atoms with Gasteiger partial charge in [-0.25, -0.2) is 0 Å². The van der Waals surface area contributed by atoms with E-state index in [-0.39, 0.29) is 0 Å². The molecule has 0 bridgehead atoms. The molecular formula is C13H13Cl2N3. The first-order chi connectivity index (χ1) is 8.70. The summed E-state index contributed by atoms with van der Waals surface area (Å²) in [7, 11) is 0. The number of benzene rings is 1. The number of rotatable bonds is 4. The number of anilines is 1. The number of aromatic nitrogens is 2. The molecule has 94 valence electrons. The van der Waals surface area contributed by atoms with Gasteiger partial charge in [0, 0.05) is 12.6 Å². The highest BCUT2D eigenvalue weighted by Gasteiger charge is 2.05. The Labute approximate surface area is 116 Å². The van der Waals surface area contributed by atoms with Crippen molar-refractivity contribution >= 4 is 28.9 Å². The van der Waals surface area contributed by atoms with Crippen LogP contribution in [0.4, 0.5) is 5.69 Å². The molecule has 0 atom stereocenters. The minimum Gasteiger partial charge on any atom is -0.378 e. The molecule has 2 rings (SSSR count). The lowest BCUT2D eigenvalue weighted by atomic mass is 10.1. The van der Waals surface area contributed by atoms with E-state index >= 15 is 0 Å². The van der Waals surface area contributed by atoms with E-state index in [1.807, 2.05) is 12.1 Å². The first-order valence-corrected chi connectivity index (χ1v) is 6.45. The number of nitrogens with one attached hydrogen (secondary N) is 1. The minimum absolute atomic E-state index is 0.325. The van der Waals surface area contributed by atoms with Gasteiger partial charge in [0.1, 0.15) is 0 Å². The van der Waals surface area contributed by atoms with Crippen molar-refractivity contribution in [3.63, 3.8) is 0 Å². The quantitative estimate of drug-likeness (QED) is 0.922. The molecule has 0 saturated carbocycles. The molecule has 1 heterocycles. The van der Waals surface area contributed by atoms with Gasteiger partial charge in [-0.1, -0.05) is 54.4 Å². The Morgan fingerprint density at radius 3 is 2.56 bits per heavy atom. The predicted molar refractivity (Wildman–Crippen MR) is 75.2 cm³/mol. The highest BCUT2D eigenvalue weighted by atomic mass is 35.5. The van der Waals surface area contributed by atoms with Gasteiger partial charge in [-0.2, -0.15) is 0 Å². The normalized spacial score (nSPS) is 10.4. The van der Waals surface area contributed by atoms with Crippen LogP contribution in [-0.2, 0) is 13.0 Å². The van der Waals surface area contributed by atoms with Crippen LogP contribution < -0.4 is 5.32 Å². The summed E-state index contributed by atoms with van der Waals surface area (Å²) in [5.41, 5.74) is 3.25. The molecular weight excluding hydrogens is 269 g/mol. The molecule has 0 unspecified atom stereocenters. The average molecular weight is 282 g/mol. The van der Waals surface area contributed by atoms with Crippen LogP contribution in [0.25, 0.3) is 0 Å². The van der Waals surface area contributed by atoms with Gasteiger partial charge in [-0.05, 0) is 17.5 Å². The molecule has 0 spiro atoms. The second-order valence-electron chi connectivity index (χ2n) is 3.85. The topological polar surface area (TPSA) is 37.8 Å². The zero-order valence-corrected chi connectivity index (χ0v) is 11.5. The summed E-state index contributed by atoms with van der Waals surface area (Å²) in [5, 5.41) is 11.3. The van der Waals surface area contributed by atoms with Crippen LogP contribution in [0.3, 0.4) is 0 Å². The number of halogens is 2. The summed E-state index contributed by atoms with van der Waals surface area (Å²) in [5.74, 6) is 0. The van der Waals surface area contributed by atoms with Crippen molar-refractivity contribution in [2.75, 3.05) is 5.32 Å².